The molecular formula is C27H27ClF2N4O3. The number of carbonyl (C=O) groups is 1. The largest absolute Gasteiger partial charge is 0.480 e. The van der Waals surface area contributed by atoms with Crippen molar-refractivity contribution in [3.63, 3.8) is 0 Å². The van der Waals surface area contributed by atoms with Gasteiger partial charge in [-0.15, -0.1) is 0 Å². The minimum Gasteiger partial charge on any atom is -0.480 e. The third-order valence-electron chi connectivity index (χ3n) is 8.02. The Hall–Kier alpha value is -3.01. The molecule has 1 saturated carbocycles. The number of hydrogen-bond donors (Lipinski definition) is 3. The number of alkyl halides is 1. The predicted octanol–water partition coefficient (Wildman–Crippen LogP) is 3.53. The average Bonchev–Trinajstić information content (AvgIpc) is 3.48. The molecule has 3 unspecified atom stereocenters. The van der Waals surface area contributed by atoms with Crippen LogP contribution in [0.5, 0.6) is 5.75 Å². The van der Waals surface area contributed by atoms with Crippen molar-refractivity contribution in [2.45, 2.75) is 55.6 Å². The van der Waals surface area contributed by atoms with Crippen molar-refractivity contribution in [2.75, 3.05) is 6.54 Å². The maximum Gasteiger partial charge on any atom is 0.223 e. The van der Waals surface area contributed by atoms with Crippen LogP contribution in [0.25, 0.3) is 0 Å². The van der Waals surface area contributed by atoms with E-state index in [0.717, 1.165) is 5.56 Å². The molecule has 0 saturated heterocycles. The molecule has 0 bridgehead atoms. The molecule has 0 spiro atoms. The number of nitrogens with one attached hydrogen (secondary N) is 1. The molecule has 1 aromatic heterocycles. The number of rotatable bonds is 6. The summed E-state index contributed by atoms with van der Waals surface area (Å²) in [7, 11) is 0. The summed E-state index contributed by atoms with van der Waals surface area (Å²) in [4.78, 5) is 16.7. The molecular weight excluding hydrogens is 502 g/mol. The summed E-state index contributed by atoms with van der Waals surface area (Å²) >= 11 is 6.54. The molecule has 1 amide bonds. The molecule has 4 atom stereocenters. The van der Waals surface area contributed by atoms with Gasteiger partial charge in [-0.1, -0.05) is 41.9 Å². The number of carbonyl (C=O) groups excluding carboxylic acids is 1. The lowest BCUT2D eigenvalue weighted by atomic mass is 9.75. The van der Waals surface area contributed by atoms with E-state index in [0.29, 0.717) is 24.9 Å². The number of fused-ring (bicyclic) bond motifs is 2. The van der Waals surface area contributed by atoms with Crippen molar-refractivity contribution in [3.05, 3.63) is 82.1 Å². The quantitative estimate of drug-likeness (QED) is 0.454. The summed E-state index contributed by atoms with van der Waals surface area (Å²) in [6.07, 6.45) is 2.59. The molecule has 7 nitrogen and oxygen atoms in total. The zero-order valence-corrected chi connectivity index (χ0v) is 20.7. The van der Waals surface area contributed by atoms with E-state index in [9.17, 15) is 9.90 Å². The number of imidazole rings is 1. The van der Waals surface area contributed by atoms with E-state index in [2.05, 4.69) is 10.3 Å². The number of aliphatic hydroxyl groups excluding tert-OH is 1. The third-order valence-corrected chi connectivity index (χ3v) is 8.40. The third kappa shape index (κ3) is 4.00. The van der Waals surface area contributed by atoms with Crippen molar-refractivity contribution < 1.29 is 23.4 Å². The van der Waals surface area contributed by atoms with E-state index < -0.39 is 35.3 Å². The number of benzene rings is 2. The van der Waals surface area contributed by atoms with Crippen molar-refractivity contribution in [3.8, 4) is 5.75 Å². The Morgan fingerprint density at radius 2 is 2.08 bits per heavy atom. The molecule has 1 aliphatic carbocycles. The first-order chi connectivity index (χ1) is 17.8. The van der Waals surface area contributed by atoms with Crippen molar-refractivity contribution in [1.82, 2.24) is 14.9 Å². The molecule has 2 aliphatic heterocycles. The fourth-order valence-corrected chi connectivity index (χ4v) is 6.30. The van der Waals surface area contributed by atoms with Crippen LogP contribution in [0, 0.1) is 11.7 Å². The number of ether oxygens (including phenoxy) is 1. The zero-order valence-electron chi connectivity index (χ0n) is 19.9. The molecule has 4 N–H and O–H groups in total. The number of aromatic nitrogens is 2. The van der Waals surface area contributed by atoms with Gasteiger partial charge in [0.25, 0.3) is 0 Å². The van der Waals surface area contributed by atoms with Gasteiger partial charge in [-0.2, -0.15) is 0 Å². The summed E-state index contributed by atoms with van der Waals surface area (Å²) in [6.45, 7) is 0.503. The molecule has 10 heteroatoms. The molecule has 3 heterocycles. The van der Waals surface area contributed by atoms with Crippen LogP contribution in [0.2, 0.25) is 5.02 Å². The number of halogens is 3. The minimum atomic E-state index is -1.72. The molecule has 3 aromatic rings. The number of nitrogens with two attached hydrogens (primary N) is 1. The Bertz CT molecular complexity index is 1350. The topological polar surface area (TPSA) is 102 Å². The number of hydrogen-bond acceptors (Lipinski definition) is 5. The van der Waals surface area contributed by atoms with Gasteiger partial charge < -0.3 is 25.5 Å². The molecule has 3 aliphatic rings. The first-order valence-corrected chi connectivity index (χ1v) is 12.8. The average molecular weight is 529 g/mol. The van der Waals surface area contributed by atoms with Gasteiger partial charge in [-0.05, 0) is 24.0 Å². The number of amides is 1. The van der Waals surface area contributed by atoms with Crippen molar-refractivity contribution >= 4 is 17.5 Å². The summed E-state index contributed by atoms with van der Waals surface area (Å²) in [6, 6.07) is 10.9. The van der Waals surface area contributed by atoms with E-state index in [1.165, 1.54) is 12.3 Å². The highest BCUT2D eigenvalue weighted by Crippen LogP contribution is 2.53. The van der Waals surface area contributed by atoms with Gasteiger partial charge in [0.2, 0.25) is 5.91 Å². The lowest BCUT2D eigenvalue weighted by molar-refractivity contribution is -0.124. The van der Waals surface area contributed by atoms with Crippen LogP contribution in [0.15, 0.2) is 48.8 Å². The van der Waals surface area contributed by atoms with E-state index >= 15 is 8.78 Å². The summed E-state index contributed by atoms with van der Waals surface area (Å²) in [5.74, 6) is -3.11. The maximum absolute atomic E-state index is 16.1. The van der Waals surface area contributed by atoms with Gasteiger partial charge in [0.05, 0.1) is 17.0 Å². The molecule has 2 aromatic carbocycles. The van der Waals surface area contributed by atoms with Gasteiger partial charge >= 0.3 is 0 Å². The lowest BCUT2D eigenvalue weighted by Crippen LogP contribution is -2.51. The predicted molar refractivity (Wildman–Crippen MR) is 132 cm³/mol. The smallest absolute Gasteiger partial charge is 0.223 e. The van der Waals surface area contributed by atoms with Gasteiger partial charge in [0, 0.05) is 55.5 Å². The van der Waals surface area contributed by atoms with E-state index in [4.69, 9.17) is 22.1 Å². The molecule has 194 valence electrons. The standard InChI is InChI=1S/C27H27ClF2N4O3/c28-23-19(29)10-20-17(21(23)22-18(25(31)36)12-34-7-6-32-26(34)24(22)30)11-27(37-20,14-4-2-1-3-5-14)13-33-15-8-16(35)9-15/h1-7,10,15-16,18,22,24,33,35H,8-9,11-13H2,(H2,31,36)/t15?,16?,18?,22?,24?,27-/m1/s1. The van der Waals surface area contributed by atoms with Gasteiger partial charge in [0.15, 0.2) is 11.8 Å². The summed E-state index contributed by atoms with van der Waals surface area (Å²) in [5.41, 5.74) is 6.45. The minimum absolute atomic E-state index is 0.119. The second-order valence-corrected chi connectivity index (χ2v) is 10.7. The zero-order chi connectivity index (χ0) is 25.9. The van der Waals surface area contributed by atoms with Crippen LogP contribution in [0.1, 0.15) is 47.4 Å². The Balaban J connectivity index is 1.45. The second-order valence-electron chi connectivity index (χ2n) is 10.3. The molecule has 6 rings (SSSR count). The van der Waals surface area contributed by atoms with Gasteiger partial charge in [-0.25, -0.2) is 13.8 Å². The molecule has 37 heavy (non-hydrogen) atoms. The van der Waals surface area contributed by atoms with E-state index in [1.54, 1.807) is 10.8 Å². The van der Waals surface area contributed by atoms with Crippen molar-refractivity contribution in [2.24, 2.45) is 11.7 Å². The Kier molecular flexibility index (Phi) is 5.97. The van der Waals surface area contributed by atoms with Crippen molar-refractivity contribution in [1.29, 1.82) is 0 Å². The Labute approximate surface area is 217 Å². The maximum atomic E-state index is 16.1. The van der Waals surface area contributed by atoms with Crippen LogP contribution < -0.4 is 15.8 Å². The molecule has 0 radical (unpaired) electrons. The van der Waals surface area contributed by atoms with Crippen LogP contribution in [0.4, 0.5) is 8.78 Å². The Morgan fingerprint density at radius 3 is 2.78 bits per heavy atom. The second kappa shape index (κ2) is 9.08. The summed E-state index contributed by atoms with van der Waals surface area (Å²) < 4.78 is 39.4. The van der Waals surface area contributed by atoms with Crippen LogP contribution >= 0.6 is 11.6 Å². The number of nitrogens with zero attached hydrogens (tertiary/aromatic N) is 2. The monoisotopic (exact) mass is 528 g/mol. The highest BCUT2D eigenvalue weighted by Gasteiger charge is 2.49. The number of aliphatic hydroxyl groups is 1. The van der Waals surface area contributed by atoms with Gasteiger partial charge in [-0.3, -0.25) is 4.79 Å². The van der Waals surface area contributed by atoms with Crippen LogP contribution in [-0.2, 0) is 23.4 Å². The highest BCUT2D eigenvalue weighted by molar-refractivity contribution is 6.31. The first kappa shape index (κ1) is 24.3. The molecule has 1 fully saturated rings. The highest BCUT2D eigenvalue weighted by atomic mass is 35.5. The van der Waals surface area contributed by atoms with Crippen LogP contribution in [0.3, 0.4) is 0 Å². The van der Waals surface area contributed by atoms with Crippen LogP contribution in [-0.4, -0.2) is 39.3 Å². The van der Waals surface area contributed by atoms with Gasteiger partial charge in [0.1, 0.15) is 17.4 Å². The summed E-state index contributed by atoms with van der Waals surface area (Å²) in [5, 5.41) is 12.9. The Morgan fingerprint density at radius 1 is 1.32 bits per heavy atom. The van der Waals surface area contributed by atoms with E-state index in [1.807, 2.05) is 30.3 Å². The lowest BCUT2D eigenvalue weighted by Gasteiger charge is -2.37. The SMILES string of the molecule is NC(=O)C1Cn2ccnc2C(F)C1c1c(Cl)c(F)cc2c1C[C@@](CNC1CC(O)C1)(c1ccccc1)O2. The fourth-order valence-electron chi connectivity index (χ4n) is 6.01. The fraction of sp³-hybridized carbons (Fsp3) is 0.407. The number of primary amides is 1. The normalized spacial score (nSPS) is 30.2. The van der Waals surface area contributed by atoms with E-state index in [-0.39, 0.29) is 47.3 Å². The first-order valence-electron chi connectivity index (χ1n) is 12.4.